The largest absolute Gasteiger partial charge is 0.456 e. The van der Waals surface area contributed by atoms with Crippen molar-refractivity contribution >= 4 is 75.3 Å². The maximum absolute atomic E-state index is 8.75. The van der Waals surface area contributed by atoms with E-state index in [-0.39, 0.29) is 29.3 Å². The normalized spacial score (nSPS) is 13.3. The van der Waals surface area contributed by atoms with E-state index >= 15 is 0 Å². The van der Waals surface area contributed by atoms with Gasteiger partial charge in [0.15, 0.2) is 17.5 Å². The van der Waals surface area contributed by atoms with Crippen LogP contribution in [0.4, 0.5) is 0 Å². The molecule has 0 amide bonds. The first-order valence-corrected chi connectivity index (χ1v) is 17.3. The molecule has 51 heavy (non-hydrogen) atoms. The van der Waals surface area contributed by atoms with E-state index in [0.29, 0.717) is 22.5 Å². The van der Waals surface area contributed by atoms with Crippen molar-refractivity contribution in [2.75, 3.05) is 0 Å². The van der Waals surface area contributed by atoms with Crippen molar-refractivity contribution in [3.63, 3.8) is 0 Å². The van der Waals surface area contributed by atoms with E-state index in [9.17, 15) is 0 Å². The molecule has 11 aromatic rings. The Labute approximate surface area is 302 Å². The standard InChI is InChI=1S/C45H26N4OS/c1-2-11-27(12-3-1)43-46-44(28-21-23-33-32-15-6-9-19-38(32)50-39(33)25-28)48-45(47-43)29-22-24-34-41(26-29)51-40-20-10-18-37(42(34)40)49-35-16-7-4-13-30(35)31-14-5-8-17-36(31)49/h1-26H/i1D,2D,3D,11D,12D. The summed E-state index contributed by atoms with van der Waals surface area (Å²) in [4.78, 5) is 14.5. The molecular formula is C45H26N4OS. The van der Waals surface area contributed by atoms with Gasteiger partial charge in [-0.15, -0.1) is 11.3 Å². The Bertz CT molecular complexity index is 3380. The van der Waals surface area contributed by atoms with E-state index in [4.69, 9.17) is 26.2 Å². The highest BCUT2D eigenvalue weighted by Gasteiger charge is 2.19. The molecule has 0 radical (unpaired) electrons. The van der Waals surface area contributed by atoms with Crippen LogP contribution in [0.3, 0.4) is 0 Å². The van der Waals surface area contributed by atoms with E-state index < -0.39 is 18.1 Å². The molecule has 0 saturated carbocycles. The molecule has 7 aromatic carbocycles. The molecule has 5 nitrogen and oxygen atoms in total. The Morgan fingerprint density at radius 2 is 1.10 bits per heavy atom. The summed E-state index contributed by atoms with van der Waals surface area (Å²) in [7, 11) is 0. The average molecular weight is 676 g/mol. The summed E-state index contributed by atoms with van der Waals surface area (Å²) in [5.41, 5.74) is 6.01. The lowest BCUT2D eigenvalue weighted by Gasteiger charge is -2.10. The minimum atomic E-state index is -0.482. The maximum atomic E-state index is 8.75. The number of rotatable bonds is 4. The van der Waals surface area contributed by atoms with Gasteiger partial charge < -0.3 is 8.98 Å². The molecule has 0 unspecified atom stereocenters. The molecule has 0 aliphatic carbocycles. The zero-order chi connectivity index (χ0) is 37.8. The van der Waals surface area contributed by atoms with Crippen molar-refractivity contribution in [2.24, 2.45) is 0 Å². The monoisotopic (exact) mass is 675 g/mol. The molecule has 0 atom stereocenters. The van der Waals surface area contributed by atoms with Crippen LogP contribution in [0, 0.1) is 0 Å². The number of benzene rings is 7. The lowest BCUT2D eigenvalue weighted by molar-refractivity contribution is 0.669. The van der Waals surface area contributed by atoms with Gasteiger partial charge in [0, 0.05) is 58.4 Å². The Morgan fingerprint density at radius 3 is 1.84 bits per heavy atom. The lowest BCUT2D eigenvalue weighted by atomic mass is 10.1. The van der Waals surface area contributed by atoms with E-state index in [1.165, 1.54) is 10.8 Å². The number of furan rings is 1. The van der Waals surface area contributed by atoms with Gasteiger partial charge in [-0.25, -0.2) is 15.0 Å². The average Bonchev–Trinajstić information content (AvgIpc) is 3.91. The fourth-order valence-corrected chi connectivity index (χ4v) is 8.45. The molecule has 0 aliphatic rings. The number of aromatic nitrogens is 4. The minimum Gasteiger partial charge on any atom is -0.456 e. The van der Waals surface area contributed by atoms with Gasteiger partial charge in [-0.05, 0) is 48.5 Å². The first-order valence-electron chi connectivity index (χ1n) is 19.0. The third kappa shape index (κ3) is 4.37. The van der Waals surface area contributed by atoms with Crippen molar-refractivity contribution < 1.29 is 11.3 Å². The van der Waals surface area contributed by atoms with Crippen LogP contribution >= 0.6 is 11.3 Å². The van der Waals surface area contributed by atoms with Gasteiger partial charge in [0.05, 0.1) is 23.6 Å². The second-order valence-electron chi connectivity index (χ2n) is 12.4. The maximum Gasteiger partial charge on any atom is 0.164 e. The van der Waals surface area contributed by atoms with Gasteiger partial charge in [0.2, 0.25) is 0 Å². The molecule has 0 fully saturated rings. The van der Waals surface area contributed by atoms with E-state index in [1.54, 1.807) is 11.3 Å². The van der Waals surface area contributed by atoms with Gasteiger partial charge in [-0.1, -0.05) is 109 Å². The van der Waals surface area contributed by atoms with Gasteiger partial charge in [0.1, 0.15) is 11.2 Å². The van der Waals surface area contributed by atoms with Crippen LogP contribution in [0.15, 0.2) is 162 Å². The van der Waals surface area contributed by atoms with E-state index in [1.807, 2.05) is 48.5 Å². The van der Waals surface area contributed by atoms with E-state index in [0.717, 1.165) is 53.2 Å². The lowest BCUT2D eigenvalue weighted by Crippen LogP contribution is -2.00. The first kappa shape index (κ1) is 23.7. The third-order valence-electron chi connectivity index (χ3n) is 9.55. The highest BCUT2D eigenvalue weighted by Crippen LogP contribution is 2.42. The second-order valence-corrected chi connectivity index (χ2v) is 13.5. The quantitative estimate of drug-likeness (QED) is 0.186. The molecule has 11 rings (SSSR count). The van der Waals surface area contributed by atoms with Crippen molar-refractivity contribution in [3.8, 4) is 39.9 Å². The molecule has 0 aliphatic heterocycles. The fourth-order valence-electron chi connectivity index (χ4n) is 7.29. The number of fused-ring (bicyclic) bond motifs is 9. The molecule has 0 saturated heterocycles. The van der Waals surface area contributed by atoms with Crippen LogP contribution in [0.5, 0.6) is 0 Å². The molecule has 0 spiro atoms. The number of thiophene rings is 1. The minimum absolute atomic E-state index is 0.0169. The summed E-state index contributed by atoms with van der Waals surface area (Å²) in [5, 5.41) is 6.55. The predicted molar refractivity (Wildman–Crippen MR) is 211 cm³/mol. The number of nitrogens with zero attached hydrogens (tertiary/aromatic N) is 4. The summed E-state index contributed by atoms with van der Waals surface area (Å²) < 4.78 is 53.1. The molecule has 6 heteroatoms. The predicted octanol–water partition coefficient (Wildman–Crippen LogP) is 12.2. The van der Waals surface area contributed by atoms with Crippen molar-refractivity contribution in [1.82, 2.24) is 19.5 Å². The van der Waals surface area contributed by atoms with E-state index in [2.05, 4.69) is 83.4 Å². The molecule has 4 heterocycles. The summed E-state index contributed by atoms with van der Waals surface area (Å²) in [6.07, 6.45) is 0. The topological polar surface area (TPSA) is 56.7 Å². The summed E-state index contributed by atoms with van der Waals surface area (Å²) >= 11 is 1.68. The van der Waals surface area contributed by atoms with Crippen LogP contribution in [-0.2, 0) is 0 Å². The molecular weight excluding hydrogens is 645 g/mol. The Kier molecular flexibility index (Phi) is 5.08. The molecule has 0 N–H and O–H groups in total. The van der Waals surface area contributed by atoms with Crippen molar-refractivity contribution in [3.05, 3.63) is 158 Å². The molecule has 0 bridgehead atoms. The van der Waals surface area contributed by atoms with Gasteiger partial charge in [-0.3, -0.25) is 0 Å². The number of para-hydroxylation sites is 3. The van der Waals surface area contributed by atoms with Crippen LogP contribution in [-0.4, -0.2) is 19.5 Å². The summed E-state index contributed by atoms with van der Waals surface area (Å²) in [5.74, 6) is 0.574. The molecule has 238 valence electrons. The Balaban J connectivity index is 1.13. The van der Waals surface area contributed by atoms with Crippen LogP contribution in [0.2, 0.25) is 0 Å². The fraction of sp³-hybridized carbons (Fsp3) is 0. The van der Waals surface area contributed by atoms with Gasteiger partial charge in [0.25, 0.3) is 0 Å². The SMILES string of the molecule is [2H]c1c([2H])c([2H])c(-c2nc(-c3ccc4c(c3)oc3ccccc34)nc(-c3ccc4c(c3)sc3cccc(-n5c6ccccc6c6ccccc65)c34)n2)c([2H])c1[2H]. The van der Waals surface area contributed by atoms with Gasteiger partial charge in [-0.2, -0.15) is 0 Å². The zero-order valence-corrected chi connectivity index (χ0v) is 27.5. The van der Waals surface area contributed by atoms with Gasteiger partial charge >= 0.3 is 0 Å². The summed E-state index contributed by atoms with van der Waals surface area (Å²) in [6, 6.07) is 40.9. The van der Waals surface area contributed by atoms with Crippen LogP contribution < -0.4 is 0 Å². The number of hydrogen-bond donors (Lipinski definition) is 0. The second kappa shape index (κ2) is 10.9. The Hall–Kier alpha value is -6.63. The highest BCUT2D eigenvalue weighted by atomic mass is 32.1. The highest BCUT2D eigenvalue weighted by molar-refractivity contribution is 7.26. The van der Waals surface area contributed by atoms with Crippen LogP contribution in [0.1, 0.15) is 6.85 Å². The Morgan fingerprint density at radius 1 is 0.490 bits per heavy atom. The van der Waals surface area contributed by atoms with Crippen LogP contribution in [0.25, 0.3) is 104 Å². The number of hydrogen-bond acceptors (Lipinski definition) is 5. The summed E-state index contributed by atoms with van der Waals surface area (Å²) in [6.45, 7) is 0. The van der Waals surface area contributed by atoms with Crippen molar-refractivity contribution in [1.29, 1.82) is 0 Å². The first-order chi connectivity index (χ1) is 27.3. The zero-order valence-electron chi connectivity index (χ0n) is 31.7. The third-order valence-corrected chi connectivity index (χ3v) is 10.7. The van der Waals surface area contributed by atoms with Crippen molar-refractivity contribution in [2.45, 2.75) is 0 Å². The smallest absolute Gasteiger partial charge is 0.164 e. The molecule has 4 aromatic heterocycles.